The molecule has 0 aliphatic heterocycles. The molecule has 0 bridgehead atoms. The zero-order chi connectivity index (χ0) is 10.6. The zero-order valence-electron chi connectivity index (χ0n) is 7.79. The molecule has 0 amide bonds. The molecule has 0 heterocycles. The van der Waals surface area contributed by atoms with Gasteiger partial charge in [-0.3, -0.25) is 5.21 Å². The standard InChI is InChI=1S/C9H12IN3O/c1-6-2-7(4-8(10)3-6)5-12-9(11)13-14/h2-4,14H,5H2,1H3,(H3,11,12,13). The number of hydroxylamine groups is 1. The van der Waals surface area contributed by atoms with Crippen molar-refractivity contribution in [1.82, 2.24) is 5.48 Å². The SMILES string of the molecule is Cc1cc(I)cc(CN=C(N)NO)c1. The van der Waals surface area contributed by atoms with Crippen molar-refractivity contribution in [3.63, 3.8) is 0 Å². The predicted octanol–water partition coefficient (Wildman–Crippen LogP) is 1.39. The molecule has 4 nitrogen and oxygen atoms in total. The van der Waals surface area contributed by atoms with Crippen LogP contribution in [0, 0.1) is 10.5 Å². The maximum absolute atomic E-state index is 8.41. The average molecular weight is 305 g/mol. The van der Waals surface area contributed by atoms with Crippen LogP contribution in [-0.4, -0.2) is 11.2 Å². The summed E-state index contributed by atoms with van der Waals surface area (Å²) in [6, 6.07) is 6.15. The fourth-order valence-electron chi connectivity index (χ4n) is 1.12. The number of aryl methyl sites for hydroxylation is 1. The molecule has 0 spiro atoms. The minimum Gasteiger partial charge on any atom is -0.368 e. The number of hydrogen-bond donors (Lipinski definition) is 3. The van der Waals surface area contributed by atoms with Crippen LogP contribution in [-0.2, 0) is 6.54 Å². The lowest BCUT2D eigenvalue weighted by Crippen LogP contribution is -2.28. The number of rotatable bonds is 2. The van der Waals surface area contributed by atoms with E-state index >= 15 is 0 Å². The van der Waals surface area contributed by atoms with E-state index < -0.39 is 0 Å². The van der Waals surface area contributed by atoms with E-state index in [1.165, 1.54) is 9.13 Å². The van der Waals surface area contributed by atoms with Gasteiger partial charge in [0.15, 0.2) is 0 Å². The van der Waals surface area contributed by atoms with E-state index in [1.54, 1.807) is 5.48 Å². The van der Waals surface area contributed by atoms with Crippen molar-refractivity contribution in [1.29, 1.82) is 0 Å². The Kier molecular flexibility index (Phi) is 4.15. The van der Waals surface area contributed by atoms with Crippen LogP contribution in [0.2, 0.25) is 0 Å². The normalized spacial score (nSPS) is 11.5. The number of nitrogens with two attached hydrogens (primary N) is 1. The maximum atomic E-state index is 8.41. The molecule has 0 saturated heterocycles. The summed E-state index contributed by atoms with van der Waals surface area (Å²) in [5.41, 5.74) is 9.34. The van der Waals surface area contributed by atoms with E-state index in [9.17, 15) is 0 Å². The van der Waals surface area contributed by atoms with Crippen LogP contribution < -0.4 is 11.2 Å². The van der Waals surface area contributed by atoms with Gasteiger partial charge in [0, 0.05) is 3.57 Å². The van der Waals surface area contributed by atoms with Crippen molar-refractivity contribution < 1.29 is 5.21 Å². The predicted molar refractivity (Wildman–Crippen MR) is 64.1 cm³/mol. The molecule has 0 aliphatic carbocycles. The van der Waals surface area contributed by atoms with Crippen LogP contribution in [0.3, 0.4) is 0 Å². The van der Waals surface area contributed by atoms with Gasteiger partial charge in [0.2, 0.25) is 5.96 Å². The molecule has 4 N–H and O–H groups in total. The fraction of sp³-hybridized carbons (Fsp3) is 0.222. The van der Waals surface area contributed by atoms with Gasteiger partial charge in [0.25, 0.3) is 0 Å². The summed E-state index contributed by atoms with van der Waals surface area (Å²) in [5.74, 6) is 0.0292. The first-order chi connectivity index (χ1) is 6.61. The highest BCUT2D eigenvalue weighted by atomic mass is 127. The van der Waals surface area contributed by atoms with Gasteiger partial charge in [-0.2, -0.15) is 0 Å². The molecule has 0 atom stereocenters. The molecule has 1 rings (SSSR count). The summed E-state index contributed by atoms with van der Waals surface area (Å²) in [6.07, 6.45) is 0. The van der Waals surface area contributed by atoms with Gasteiger partial charge < -0.3 is 5.73 Å². The molecule has 14 heavy (non-hydrogen) atoms. The molecule has 1 aromatic carbocycles. The molecular formula is C9H12IN3O. The van der Waals surface area contributed by atoms with Crippen molar-refractivity contribution in [2.75, 3.05) is 0 Å². The highest BCUT2D eigenvalue weighted by Gasteiger charge is 1.96. The van der Waals surface area contributed by atoms with Crippen molar-refractivity contribution in [2.45, 2.75) is 13.5 Å². The Morgan fingerprint density at radius 2 is 2.29 bits per heavy atom. The van der Waals surface area contributed by atoms with Gasteiger partial charge in [0.1, 0.15) is 0 Å². The molecule has 1 aromatic rings. The molecular weight excluding hydrogens is 293 g/mol. The first-order valence-corrected chi connectivity index (χ1v) is 5.16. The van der Waals surface area contributed by atoms with Crippen LogP contribution >= 0.6 is 22.6 Å². The number of guanidine groups is 1. The first kappa shape index (κ1) is 11.3. The Morgan fingerprint density at radius 3 is 2.86 bits per heavy atom. The fourth-order valence-corrected chi connectivity index (χ4v) is 2.01. The first-order valence-electron chi connectivity index (χ1n) is 4.08. The van der Waals surface area contributed by atoms with Gasteiger partial charge in [-0.05, 0) is 52.8 Å². The van der Waals surface area contributed by atoms with E-state index in [-0.39, 0.29) is 5.96 Å². The largest absolute Gasteiger partial charge is 0.368 e. The third-order valence-electron chi connectivity index (χ3n) is 1.65. The highest BCUT2D eigenvalue weighted by molar-refractivity contribution is 14.1. The van der Waals surface area contributed by atoms with E-state index in [2.05, 4.69) is 33.6 Å². The van der Waals surface area contributed by atoms with Gasteiger partial charge in [-0.25, -0.2) is 10.5 Å². The summed E-state index contributed by atoms with van der Waals surface area (Å²) < 4.78 is 1.17. The summed E-state index contributed by atoms with van der Waals surface area (Å²) in [4.78, 5) is 3.93. The van der Waals surface area contributed by atoms with Crippen LogP contribution in [0.5, 0.6) is 0 Å². The topological polar surface area (TPSA) is 70.6 Å². The summed E-state index contributed by atoms with van der Waals surface area (Å²) in [6.45, 7) is 2.50. The maximum Gasteiger partial charge on any atom is 0.213 e. The quantitative estimate of drug-likeness (QED) is 0.335. The Hall–Kier alpha value is -0.820. The number of aliphatic imine (C=N–C) groups is 1. The van der Waals surface area contributed by atoms with E-state index in [4.69, 9.17) is 10.9 Å². The third-order valence-corrected chi connectivity index (χ3v) is 2.27. The summed E-state index contributed by atoms with van der Waals surface area (Å²) in [5, 5.41) is 8.41. The number of hydrogen-bond acceptors (Lipinski definition) is 2. The molecule has 0 fully saturated rings. The van der Waals surface area contributed by atoms with Crippen molar-refractivity contribution >= 4 is 28.6 Å². The molecule has 0 saturated carbocycles. The molecule has 5 heteroatoms. The Bertz CT molecular complexity index is 332. The van der Waals surface area contributed by atoms with Crippen LogP contribution in [0.1, 0.15) is 11.1 Å². The molecule has 0 aromatic heterocycles. The van der Waals surface area contributed by atoms with Gasteiger partial charge in [-0.1, -0.05) is 6.07 Å². The smallest absolute Gasteiger partial charge is 0.213 e. The second kappa shape index (κ2) is 5.16. The van der Waals surface area contributed by atoms with Gasteiger partial charge in [-0.15, -0.1) is 0 Å². The van der Waals surface area contributed by atoms with E-state index in [0.717, 1.165) is 5.56 Å². The minimum absolute atomic E-state index is 0.0292. The lowest BCUT2D eigenvalue weighted by atomic mass is 10.1. The highest BCUT2D eigenvalue weighted by Crippen LogP contribution is 2.12. The zero-order valence-corrected chi connectivity index (χ0v) is 9.95. The Morgan fingerprint density at radius 1 is 1.57 bits per heavy atom. The number of halogens is 1. The molecule has 0 aliphatic rings. The van der Waals surface area contributed by atoms with Crippen molar-refractivity contribution in [3.05, 3.63) is 32.9 Å². The van der Waals surface area contributed by atoms with Gasteiger partial charge in [0.05, 0.1) is 6.54 Å². The number of nitrogens with one attached hydrogen (secondary N) is 1. The van der Waals surface area contributed by atoms with Crippen LogP contribution in [0.4, 0.5) is 0 Å². The summed E-state index contributed by atoms with van der Waals surface area (Å²) >= 11 is 2.25. The summed E-state index contributed by atoms with van der Waals surface area (Å²) in [7, 11) is 0. The van der Waals surface area contributed by atoms with Crippen molar-refractivity contribution in [3.8, 4) is 0 Å². The van der Waals surface area contributed by atoms with Crippen LogP contribution in [0.15, 0.2) is 23.2 Å². The molecule has 0 radical (unpaired) electrons. The second-order valence-electron chi connectivity index (χ2n) is 2.95. The second-order valence-corrected chi connectivity index (χ2v) is 4.20. The minimum atomic E-state index is 0.0292. The molecule has 0 unspecified atom stereocenters. The molecule has 76 valence electrons. The van der Waals surface area contributed by atoms with Crippen molar-refractivity contribution in [2.24, 2.45) is 10.7 Å². The average Bonchev–Trinajstić information content (AvgIpc) is 2.12. The monoisotopic (exact) mass is 305 g/mol. The Balaban J connectivity index is 2.77. The van der Waals surface area contributed by atoms with E-state index in [1.807, 2.05) is 19.1 Å². The third kappa shape index (κ3) is 3.51. The van der Waals surface area contributed by atoms with Gasteiger partial charge >= 0.3 is 0 Å². The number of benzene rings is 1. The Labute approximate surface area is 96.3 Å². The number of nitrogens with zero attached hydrogens (tertiary/aromatic N) is 1. The lowest BCUT2D eigenvalue weighted by molar-refractivity contribution is 0.232. The van der Waals surface area contributed by atoms with E-state index in [0.29, 0.717) is 6.54 Å². The lowest BCUT2D eigenvalue weighted by Gasteiger charge is -2.02. The van der Waals surface area contributed by atoms with Crippen LogP contribution in [0.25, 0.3) is 0 Å².